The summed E-state index contributed by atoms with van der Waals surface area (Å²) in [6.07, 6.45) is 3.50. The van der Waals surface area contributed by atoms with Crippen LogP contribution < -0.4 is 11.1 Å². The number of benzene rings is 1. The zero-order chi connectivity index (χ0) is 17.1. The smallest absolute Gasteiger partial charge is 0.221 e. The molecule has 3 N–H and O–H groups in total. The van der Waals surface area contributed by atoms with Crippen molar-refractivity contribution in [3.05, 3.63) is 54.5 Å². The van der Waals surface area contributed by atoms with Crippen LogP contribution in [-0.4, -0.2) is 20.9 Å². The molecule has 0 radical (unpaired) electrons. The molecule has 0 spiro atoms. The van der Waals surface area contributed by atoms with Crippen molar-refractivity contribution in [2.75, 3.05) is 11.1 Å². The second kappa shape index (κ2) is 6.45. The van der Waals surface area contributed by atoms with Crippen molar-refractivity contribution in [1.82, 2.24) is 15.0 Å². The van der Waals surface area contributed by atoms with Gasteiger partial charge in [0.05, 0.1) is 11.4 Å². The van der Waals surface area contributed by atoms with Crippen LogP contribution in [0, 0.1) is 6.92 Å². The third kappa shape index (κ3) is 3.22. The highest BCUT2D eigenvalue weighted by molar-refractivity contribution is 5.89. The van der Waals surface area contributed by atoms with E-state index >= 15 is 0 Å². The number of pyridine rings is 1. The van der Waals surface area contributed by atoms with Crippen LogP contribution in [0.15, 0.2) is 48.8 Å². The molecular formula is C18H17N5O. The van der Waals surface area contributed by atoms with Crippen molar-refractivity contribution in [2.24, 2.45) is 0 Å². The Labute approximate surface area is 139 Å². The van der Waals surface area contributed by atoms with E-state index in [0.29, 0.717) is 0 Å². The first kappa shape index (κ1) is 15.6. The van der Waals surface area contributed by atoms with Gasteiger partial charge in [-0.05, 0) is 25.1 Å². The van der Waals surface area contributed by atoms with Gasteiger partial charge in [-0.1, -0.05) is 18.2 Å². The lowest BCUT2D eigenvalue weighted by atomic mass is 9.99. The van der Waals surface area contributed by atoms with E-state index in [9.17, 15) is 4.79 Å². The fourth-order valence-electron chi connectivity index (χ4n) is 2.57. The Bertz CT molecular complexity index is 876. The summed E-state index contributed by atoms with van der Waals surface area (Å²) in [5.74, 6) is 0.113. The van der Waals surface area contributed by atoms with Crippen molar-refractivity contribution >= 4 is 17.5 Å². The van der Waals surface area contributed by atoms with Crippen molar-refractivity contribution < 1.29 is 4.79 Å². The number of hydrogen-bond acceptors (Lipinski definition) is 5. The van der Waals surface area contributed by atoms with Crippen LogP contribution in [0.3, 0.4) is 0 Å². The number of nitrogens with one attached hydrogen (secondary N) is 1. The van der Waals surface area contributed by atoms with Crippen molar-refractivity contribution in [3.8, 4) is 22.4 Å². The van der Waals surface area contributed by atoms with Crippen LogP contribution in [0.4, 0.5) is 11.6 Å². The van der Waals surface area contributed by atoms with Gasteiger partial charge < -0.3 is 11.1 Å². The molecule has 2 heterocycles. The third-order valence-electron chi connectivity index (χ3n) is 3.54. The van der Waals surface area contributed by atoms with Gasteiger partial charge >= 0.3 is 0 Å². The van der Waals surface area contributed by atoms with Crippen molar-refractivity contribution in [3.63, 3.8) is 0 Å². The van der Waals surface area contributed by atoms with E-state index in [-0.39, 0.29) is 11.9 Å². The number of rotatable bonds is 3. The largest absolute Gasteiger partial charge is 0.368 e. The Hall–Kier alpha value is -3.28. The molecule has 0 unspecified atom stereocenters. The van der Waals surface area contributed by atoms with E-state index in [1.165, 1.54) is 6.92 Å². The van der Waals surface area contributed by atoms with E-state index < -0.39 is 0 Å². The highest BCUT2D eigenvalue weighted by Gasteiger charge is 2.14. The number of hydrogen-bond donors (Lipinski definition) is 2. The maximum Gasteiger partial charge on any atom is 0.221 e. The minimum atomic E-state index is -0.110. The fourth-order valence-corrected chi connectivity index (χ4v) is 2.57. The molecule has 0 aliphatic heterocycles. The summed E-state index contributed by atoms with van der Waals surface area (Å²) in [4.78, 5) is 24.0. The molecule has 0 bridgehead atoms. The average Bonchev–Trinajstić information content (AvgIpc) is 2.55. The maximum absolute atomic E-state index is 11.1. The SMILES string of the molecule is CC(=O)Nc1ccc(-c2nc(N)nc(C)c2-c2cccnc2)cc1. The average molecular weight is 319 g/mol. The molecule has 0 atom stereocenters. The lowest BCUT2D eigenvalue weighted by molar-refractivity contribution is -0.114. The Morgan fingerprint density at radius 1 is 1.08 bits per heavy atom. The molecule has 3 rings (SSSR count). The van der Waals surface area contributed by atoms with Gasteiger partial charge in [-0.3, -0.25) is 9.78 Å². The lowest BCUT2D eigenvalue weighted by Crippen LogP contribution is -2.05. The highest BCUT2D eigenvalue weighted by atomic mass is 16.1. The van der Waals surface area contributed by atoms with Gasteiger partial charge in [0.2, 0.25) is 11.9 Å². The second-order valence-corrected chi connectivity index (χ2v) is 5.39. The zero-order valence-corrected chi connectivity index (χ0v) is 13.4. The standard InChI is InChI=1S/C18H17N5O/c1-11-16(14-4-3-9-20-10-14)17(23-18(19)21-11)13-5-7-15(8-6-13)22-12(2)24/h3-10H,1-2H3,(H,22,24)(H2,19,21,23). The van der Waals surface area contributed by atoms with Crippen LogP contribution in [0.25, 0.3) is 22.4 Å². The molecule has 0 fully saturated rings. The van der Waals surface area contributed by atoms with E-state index in [0.717, 1.165) is 33.8 Å². The van der Waals surface area contributed by atoms with E-state index in [1.807, 2.05) is 43.3 Å². The van der Waals surface area contributed by atoms with Crippen LogP contribution in [0.1, 0.15) is 12.6 Å². The van der Waals surface area contributed by atoms with Gasteiger partial charge in [0.25, 0.3) is 0 Å². The molecule has 0 saturated carbocycles. The Kier molecular flexibility index (Phi) is 4.20. The molecule has 0 aliphatic carbocycles. The van der Waals surface area contributed by atoms with Crippen LogP contribution in [0.5, 0.6) is 0 Å². The quantitative estimate of drug-likeness (QED) is 0.774. The number of amides is 1. The summed E-state index contributed by atoms with van der Waals surface area (Å²) < 4.78 is 0. The molecule has 6 heteroatoms. The molecule has 3 aromatic rings. The first-order valence-electron chi connectivity index (χ1n) is 7.47. The van der Waals surface area contributed by atoms with Gasteiger partial charge in [0.1, 0.15) is 0 Å². The topological polar surface area (TPSA) is 93.8 Å². The Morgan fingerprint density at radius 3 is 2.46 bits per heavy atom. The van der Waals surface area contributed by atoms with E-state index in [1.54, 1.807) is 12.4 Å². The maximum atomic E-state index is 11.1. The molecule has 1 aromatic carbocycles. The molecular weight excluding hydrogens is 302 g/mol. The number of carbonyl (C=O) groups excluding carboxylic acids is 1. The first-order valence-corrected chi connectivity index (χ1v) is 7.47. The van der Waals surface area contributed by atoms with Gasteiger partial charge in [0.15, 0.2) is 0 Å². The third-order valence-corrected chi connectivity index (χ3v) is 3.54. The number of anilines is 2. The number of nitrogens with two attached hydrogens (primary N) is 1. The molecule has 120 valence electrons. The number of nitrogen functional groups attached to an aromatic ring is 1. The summed E-state index contributed by atoms with van der Waals surface area (Å²) in [6.45, 7) is 3.37. The predicted octanol–water partition coefficient (Wildman–Crippen LogP) is 3.05. The summed E-state index contributed by atoms with van der Waals surface area (Å²) in [5.41, 5.74) is 10.8. The molecule has 2 aromatic heterocycles. The van der Waals surface area contributed by atoms with Crippen LogP contribution in [-0.2, 0) is 4.79 Å². The number of aromatic nitrogens is 3. The first-order chi connectivity index (χ1) is 11.5. The van der Waals surface area contributed by atoms with Gasteiger partial charge in [-0.25, -0.2) is 9.97 Å². The molecule has 0 aliphatic rings. The number of aryl methyl sites for hydroxylation is 1. The number of carbonyl (C=O) groups is 1. The zero-order valence-electron chi connectivity index (χ0n) is 13.4. The molecule has 6 nitrogen and oxygen atoms in total. The summed E-state index contributed by atoms with van der Waals surface area (Å²) >= 11 is 0. The van der Waals surface area contributed by atoms with Gasteiger partial charge in [-0.15, -0.1) is 0 Å². The Morgan fingerprint density at radius 2 is 1.83 bits per heavy atom. The minimum Gasteiger partial charge on any atom is -0.368 e. The minimum absolute atomic E-state index is 0.110. The van der Waals surface area contributed by atoms with E-state index in [2.05, 4.69) is 20.3 Å². The fraction of sp³-hybridized carbons (Fsp3) is 0.111. The van der Waals surface area contributed by atoms with Gasteiger partial charge in [-0.2, -0.15) is 0 Å². The van der Waals surface area contributed by atoms with E-state index in [4.69, 9.17) is 5.73 Å². The van der Waals surface area contributed by atoms with Crippen LogP contribution >= 0.6 is 0 Å². The molecule has 0 saturated heterocycles. The van der Waals surface area contributed by atoms with Crippen molar-refractivity contribution in [2.45, 2.75) is 13.8 Å². The monoisotopic (exact) mass is 319 g/mol. The van der Waals surface area contributed by atoms with Crippen LogP contribution in [0.2, 0.25) is 0 Å². The molecule has 24 heavy (non-hydrogen) atoms. The summed E-state index contributed by atoms with van der Waals surface area (Å²) in [5, 5.41) is 2.75. The summed E-state index contributed by atoms with van der Waals surface area (Å²) in [7, 11) is 0. The normalized spacial score (nSPS) is 10.4. The van der Waals surface area contributed by atoms with Crippen molar-refractivity contribution in [1.29, 1.82) is 0 Å². The predicted molar refractivity (Wildman–Crippen MR) is 94.2 cm³/mol. The molecule has 1 amide bonds. The number of nitrogens with zero attached hydrogens (tertiary/aromatic N) is 3. The lowest BCUT2D eigenvalue weighted by Gasteiger charge is -2.13. The summed E-state index contributed by atoms with van der Waals surface area (Å²) in [6, 6.07) is 11.3. The van der Waals surface area contributed by atoms with Gasteiger partial charge in [0, 0.05) is 41.7 Å². The second-order valence-electron chi connectivity index (χ2n) is 5.39. The highest BCUT2D eigenvalue weighted by Crippen LogP contribution is 2.33. The Balaban J connectivity index is 2.12.